The predicted octanol–water partition coefficient (Wildman–Crippen LogP) is 5.24. The molecule has 1 heterocycles. The third-order valence-electron chi connectivity index (χ3n) is 4.91. The summed E-state index contributed by atoms with van der Waals surface area (Å²) in [5, 5.41) is 13.0. The normalized spacial score (nSPS) is 17.2. The molecule has 1 aromatic carbocycles. The number of nitro groups is 1. The van der Waals surface area contributed by atoms with Gasteiger partial charge in [0.05, 0.1) is 17.2 Å². The summed E-state index contributed by atoms with van der Waals surface area (Å²) in [5.41, 5.74) is 6.68. The van der Waals surface area contributed by atoms with E-state index in [-0.39, 0.29) is 10.6 Å². The fraction of sp³-hybridized carbons (Fsp3) is 0.381. The highest BCUT2D eigenvalue weighted by Crippen LogP contribution is 2.27. The third kappa shape index (κ3) is 4.78. The second kappa shape index (κ2) is 9.50. The van der Waals surface area contributed by atoms with Crippen LogP contribution < -0.4 is 10.2 Å². The van der Waals surface area contributed by atoms with E-state index in [0.717, 1.165) is 34.8 Å². The second-order valence-electron chi connectivity index (χ2n) is 6.94. The molecule has 7 heteroatoms. The van der Waals surface area contributed by atoms with E-state index in [9.17, 15) is 10.1 Å². The molecule has 6 nitrogen and oxygen atoms in total. The third-order valence-corrected chi connectivity index (χ3v) is 5.77. The van der Waals surface area contributed by atoms with Gasteiger partial charge in [0, 0.05) is 28.8 Å². The van der Waals surface area contributed by atoms with Crippen molar-refractivity contribution >= 4 is 17.0 Å². The van der Waals surface area contributed by atoms with Crippen molar-refractivity contribution in [2.24, 2.45) is 10.9 Å². The van der Waals surface area contributed by atoms with Crippen LogP contribution in [0.25, 0.3) is 11.3 Å². The maximum Gasteiger partial charge on any atom is 0.269 e. The van der Waals surface area contributed by atoms with Gasteiger partial charge < -0.3 is 0 Å². The number of nitro benzene ring substituents is 1. The van der Waals surface area contributed by atoms with Crippen LogP contribution in [0.5, 0.6) is 0 Å². The lowest BCUT2D eigenvalue weighted by Gasteiger charge is -2.23. The van der Waals surface area contributed by atoms with Gasteiger partial charge in [0.25, 0.3) is 5.69 Å². The number of non-ortho nitro benzene ring substituents is 1. The van der Waals surface area contributed by atoms with Crippen molar-refractivity contribution in [1.29, 1.82) is 0 Å². The highest BCUT2D eigenvalue weighted by Gasteiger charge is 2.16. The van der Waals surface area contributed by atoms with Gasteiger partial charge in [-0.2, -0.15) is 0 Å². The van der Waals surface area contributed by atoms with Crippen molar-refractivity contribution in [2.75, 3.05) is 12.0 Å². The first-order chi connectivity index (χ1) is 13.6. The first-order valence-electron chi connectivity index (χ1n) is 9.65. The summed E-state index contributed by atoms with van der Waals surface area (Å²) in [6, 6.07) is 6.63. The van der Waals surface area contributed by atoms with E-state index in [1.165, 1.54) is 37.1 Å². The molecule has 0 fully saturated rings. The highest BCUT2D eigenvalue weighted by atomic mass is 32.1. The summed E-state index contributed by atoms with van der Waals surface area (Å²) < 4.78 is 1.99. The predicted molar refractivity (Wildman–Crippen MR) is 115 cm³/mol. The van der Waals surface area contributed by atoms with E-state index in [0.29, 0.717) is 6.54 Å². The summed E-state index contributed by atoms with van der Waals surface area (Å²) in [7, 11) is 0. The molecule has 148 valence electrons. The molecule has 28 heavy (non-hydrogen) atoms. The van der Waals surface area contributed by atoms with Gasteiger partial charge in [0.1, 0.15) is 0 Å². The number of benzene rings is 1. The molecule has 0 aliphatic heterocycles. The topological polar surface area (TPSA) is 72.5 Å². The molecule has 1 aliphatic rings. The number of rotatable bonds is 8. The van der Waals surface area contributed by atoms with Crippen molar-refractivity contribution in [3.05, 3.63) is 69.0 Å². The molecule has 0 radical (unpaired) electrons. The standard InChI is InChI=1S/C21H26N4O2S/c1-3-5-16-6-10-18(11-7-16)23-24-20(15-28-21(24)22-14-4-2)17-8-12-19(13-9-17)25(26)27/h4,8-10,12-13,15-16,23H,2-3,5-7,11,14H2,1H3/t16-/m0/s1. The first kappa shape index (κ1) is 20.1. The maximum atomic E-state index is 10.9. The second-order valence-corrected chi connectivity index (χ2v) is 7.78. The summed E-state index contributed by atoms with van der Waals surface area (Å²) in [6.07, 6.45) is 9.90. The quantitative estimate of drug-likeness (QED) is 0.375. The van der Waals surface area contributed by atoms with E-state index in [4.69, 9.17) is 0 Å². The van der Waals surface area contributed by atoms with Crippen LogP contribution in [0.15, 0.2) is 59.1 Å². The number of nitrogens with one attached hydrogen (secondary N) is 1. The van der Waals surface area contributed by atoms with Crippen LogP contribution in [-0.2, 0) is 0 Å². The Labute approximate surface area is 169 Å². The number of nitrogens with zero attached hydrogens (tertiary/aromatic N) is 3. The number of hydrogen-bond acceptors (Lipinski definition) is 5. The lowest BCUT2D eigenvalue weighted by Crippen LogP contribution is -2.27. The molecular weight excluding hydrogens is 372 g/mol. The molecule has 0 amide bonds. The van der Waals surface area contributed by atoms with Gasteiger partial charge in [-0.05, 0) is 37.3 Å². The Hall–Kier alpha value is -2.67. The Balaban J connectivity index is 1.91. The SMILES string of the molecule is C=CCN=c1scc(-c2ccc([N+](=O)[O-])cc2)n1NC1=CC[C@H](CCC)CC1. The maximum absolute atomic E-state index is 10.9. The summed E-state index contributed by atoms with van der Waals surface area (Å²) in [4.78, 5) is 16.0. The summed E-state index contributed by atoms with van der Waals surface area (Å²) in [5.74, 6) is 0.780. The van der Waals surface area contributed by atoms with Crippen LogP contribution in [0.4, 0.5) is 5.69 Å². The number of hydrogen-bond donors (Lipinski definition) is 1. The monoisotopic (exact) mass is 398 g/mol. The average molecular weight is 399 g/mol. The van der Waals surface area contributed by atoms with E-state index in [1.807, 2.05) is 10.1 Å². The first-order valence-corrected chi connectivity index (χ1v) is 10.5. The molecule has 0 saturated carbocycles. The zero-order chi connectivity index (χ0) is 19.9. The van der Waals surface area contributed by atoms with Crippen molar-refractivity contribution < 1.29 is 4.92 Å². The average Bonchev–Trinajstić information content (AvgIpc) is 3.10. The minimum absolute atomic E-state index is 0.0898. The van der Waals surface area contributed by atoms with Crippen molar-refractivity contribution in [1.82, 2.24) is 4.68 Å². The zero-order valence-electron chi connectivity index (χ0n) is 16.1. The van der Waals surface area contributed by atoms with Crippen molar-refractivity contribution in [3.8, 4) is 11.3 Å². The van der Waals surface area contributed by atoms with E-state index >= 15 is 0 Å². The van der Waals surface area contributed by atoms with Gasteiger partial charge in [0.2, 0.25) is 4.80 Å². The smallest absolute Gasteiger partial charge is 0.269 e. The lowest BCUT2D eigenvalue weighted by atomic mass is 9.89. The Morgan fingerprint density at radius 3 is 2.82 bits per heavy atom. The van der Waals surface area contributed by atoms with Gasteiger partial charge in [-0.1, -0.05) is 31.9 Å². The fourth-order valence-corrected chi connectivity index (χ4v) is 4.29. The Morgan fingerprint density at radius 2 is 2.21 bits per heavy atom. The molecule has 1 aliphatic carbocycles. The van der Waals surface area contributed by atoms with Gasteiger partial charge in [0.15, 0.2) is 0 Å². The van der Waals surface area contributed by atoms with Crippen LogP contribution in [0.2, 0.25) is 0 Å². The van der Waals surface area contributed by atoms with Crippen LogP contribution in [0.3, 0.4) is 0 Å². The molecule has 0 unspecified atom stereocenters. The summed E-state index contributed by atoms with van der Waals surface area (Å²) in [6.45, 7) is 6.52. The van der Waals surface area contributed by atoms with Gasteiger partial charge >= 0.3 is 0 Å². The highest BCUT2D eigenvalue weighted by molar-refractivity contribution is 7.07. The van der Waals surface area contributed by atoms with Crippen LogP contribution >= 0.6 is 11.3 Å². The minimum Gasteiger partial charge on any atom is -0.296 e. The van der Waals surface area contributed by atoms with E-state index < -0.39 is 0 Å². The molecule has 1 atom stereocenters. The molecule has 1 aromatic heterocycles. The zero-order valence-corrected chi connectivity index (χ0v) is 17.0. The fourth-order valence-electron chi connectivity index (χ4n) is 3.43. The Kier molecular flexibility index (Phi) is 6.81. The van der Waals surface area contributed by atoms with E-state index in [1.54, 1.807) is 29.5 Å². The molecule has 3 rings (SSSR count). The minimum atomic E-state index is -0.381. The molecule has 0 saturated heterocycles. The molecule has 2 aromatic rings. The Bertz CT molecular complexity index is 925. The Morgan fingerprint density at radius 1 is 1.43 bits per heavy atom. The van der Waals surface area contributed by atoms with Crippen LogP contribution in [0.1, 0.15) is 39.0 Å². The van der Waals surface area contributed by atoms with Crippen molar-refractivity contribution in [3.63, 3.8) is 0 Å². The van der Waals surface area contributed by atoms with E-state index in [2.05, 4.69) is 30.0 Å². The van der Waals surface area contributed by atoms with Gasteiger partial charge in [-0.3, -0.25) is 20.5 Å². The van der Waals surface area contributed by atoms with Crippen LogP contribution in [-0.4, -0.2) is 16.1 Å². The number of aromatic nitrogens is 1. The van der Waals surface area contributed by atoms with Crippen LogP contribution in [0, 0.1) is 16.0 Å². The van der Waals surface area contributed by atoms with Gasteiger partial charge in [-0.15, -0.1) is 17.9 Å². The molecule has 1 N–H and O–H groups in total. The number of allylic oxidation sites excluding steroid dienone is 2. The van der Waals surface area contributed by atoms with Crippen molar-refractivity contribution in [2.45, 2.75) is 39.0 Å². The van der Waals surface area contributed by atoms with Gasteiger partial charge in [-0.25, -0.2) is 4.68 Å². The molecular formula is C21H26N4O2S. The summed E-state index contributed by atoms with van der Waals surface area (Å²) >= 11 is 1.54. The lowest BCUT2D eigenvalue weighted by molar-refractivity contribution is -0.384. The molecule has 0 bridgehead atoms. The molecule has 0 spiro atoms. The largest absolute Gasteiger partial charge is 0.296 e. The number of thiazole rings is 1.